The minimum atomic E-state index is -0.446. The third-order valence-electron chi connectivity index (χ3n) is 2.69. The molecule has 0 aliphatic rings. The van der Waals surface area contributed by atoms with Crippen LogP contribution in [0.1, 0.15) is 21.1 Å². The molecule has 0 unspecified atom stereocenters. The molecule has 0 aliphatic heterocycles. The predicted octanol–water partition coefficient (Wildman–Crippen LogP) is 2.67. The van der Waals surface area contributed by atoms with Crippen molar-refractivity contribution < 1.29 is 14.1 Å². The summed E-state index contributed by atoms with van der Waals surface area (Å²) in [6.45, 7) is 2.15. The topological polar surface area (TPSA) is 90.1 Å². The van der Waals surface area contributed by atoms with E-state index in [-0.39, 0.29) is 11.6 Å². The number of carbonyl (C=O) groups excluding carboxylic acids is 1. The van der Waals surface area contributed by atoms with Gasteiger partial charge in [0, 0.05) is 0 Å². The van der Waals surface area contributed by atoms with Crippen LogP contribution in [0.15, 0.2) is 40.9 Å². The quantitative estimate of drug-likeness (QED) is 0.778. The SMILES string of the molecule is Cc1nnc(NC(=O)c2cc(OCc3ccccc3)no2)s1. The van der Waals surface area contributed by atoms with Crippen molar-refractivity contribution in [1.29, 1.82) is 0 Å². The molecule has 2 aromatic heterocycles. The number of ether oxygens (including phenoxy) is 1. The van der Waals surface area contributed by atoms with Crippen molar-refractivity contribution in [3.8, 4) is 5.88 Å². The molecule has 1 N–H and O–H groups in total. The molecule has 0 spiro atoms. The number of hydrogen-bond acceptors (Lipinski definition) is 7. The summed E-state index contributed by atoms with van der Waals surface area (Å²) >= 11 is 1.28. The van der Waals surface area contributed by atoms with Gasteiger partial charge in [-0.1, -0.05) is 41.7 Å². The normalized spacial score (nSPS) is 10.4. The summed E-state index contributed by atoms with van der Waals surface area (Å²) in [6.07, 6.45) is 0. The predicted molar refractivity (Wildman–Crippen MR) is 79.9 cm³/mol. The maximum atomic E-state index is 11.9. The van der Waals surface area contributed by atoms with Gasteiger partial charge in [-0.2, -0.15) is 0 Å². The van der Waals surface area contributed by atoms with Crippen LogP contribution in [-0.2, 0) is 6.61 Å². The average molecular weight is 316 g/mol. The maximum absolute atomic E-state index is 11.9. The van der Waals surface area contributed by atoms with Crippen molar-refractivity contribution in [3.05, 3.63) is 52.7 Å². The second-order valence-electron chi connectivity index (χ2n) is 4.38. The van der Waals surface area contributed by atoms with Gasteiger partial charge in [0.1, 0.15) is 11.6 Å². The van der Waals surface area contributed by atoms with Gasteiger partial charge >= 0.3 is 0 Å². The van der Waals surface area contributed by atoms with Crippen molar-refractivity contribution in [2.75, 3.05) is 5.32 Å². The summed E-state index contributed by atoms with van der Waals surface area (Å²) in [6, 6.07) is 11.1. The first-order chi connectivity index (χ1) is 10.7. The van der Waals surface area contributed by atoms with Gasteiger partial charge < -0.3 is 9.26 Å². The smallest absolute Gasteiger partial charge is 0.296 e. The number of nitrogens with one attached hydrogen (secondary N) is 1. The van der Waals surface area contributed by atoms with Gasteiger partial charge in [0.25, 0.3) is 11.8 Å². The first-order valence-corrected chi connectivity index (χ1v) is 7.27. The highest BCUT2D eigenvalue weighted by molar-refractivity contribution is 7.15. The third kappa shape index (κ3) is 3.47. The summed E-state index contributed by atoms with van der Waals surface area (Å²) in [4.78, 5) is 11.9. The van der Waals surface area contributed by atoms with E-state index < -0.39 is 5.91 Å². The number of rotatable bonds is 5. The molecule has 1 aromatic carbocycles. The summed E-state index contributed by atoms with van der Waals surface area (Å²) in [5, 5.41) is 15.1. The van der Waals surface area contributed by atoms with Crippen LogP contribution in [0.3, 0.4) is 0 Å². The molecule has 0 radical (unpaired) electrons. The summed E-state index contributed by atoms with van der Waals surface area (Å²) in [5.74, 6) is -0.142. The number of amides is 1. The van der Waals surface area contributed by atoms with Gasteiger partial charge in [0.15, 0.2) is 0 Å². The fourth-order valence-corrected chi connectivity index (χ4v) is 2.26. The zero-order valence-electron chi connectivity index (χ0n) is 11.6. The van der Waals surface area contributed by atoms with Crippen LogP contribution >= 0.6 is 11.3 Å². The zero-order chi connectivity index (χ0) is 15.4. The maximum Gasteiger partial charge on any atom is 0.296 e. The lowest BCUT2D eigenvalue weighted by Gasteiger charge is -2.00. The number of aryl methyl sites for hydroxylation is 1. The lowest BCUT2D eigenvalue weighted by molar-refractivity contribution is 0.0987. The highest BCUT2D eigenvalue weighted by Gasteiger charge is 2.15. The van der Waals surface area contributed by atoms with Gasteiger partial charge in [-0.05, 0) is 17.6 Å². The molecule has 0 saturated carbocycles. The molecule has 22 heavy (non-hydrogen) atoms. The van der Waals surface area contributed by atoms with E-state index in [1.165, 1.54) is 17.4 Å². The Labute approximate surface area is 129 Å². The van der Waals surface area contributed by atoms with Crippen molar-refractivity contribution in [1.82, 2.24) is 15.4 Å². The lowest BCUT2D eigenvalue weighted by atomic mass is 10.2. The highest BCUT2D eigenvalue weighted by atomic mass is 32.1. The molecule has 8 heteroatoms. The number of hydrogen-bond donors (Lipinski definition) is 1. The van der Waals surface area contributed by atoms with Crippen LogP contribution in [0.25, 0.3) is 0 Å². The van der Waals surface area contributed by atoms with E-state index in [0.717, 1.165) is 10.6 Å². The summed E-state index contributed by atoms with van der Waals surface area (Å²) in [5.41, 5.74) is 1.00. The number of carbonyl (C=O) groups is 1. The van der Waals surface area contributed by atoms with Crippen LogP contribution in [0.2, 0.25) is 0 Å². The minimum absolute atomic E-state index is 0.0518. The minimum Gasteiger partial charge on any atom is -0.471 e. The van der Waals surface area contributed by atoms with Crippen LogP contribution < -0.4 is 10.1 Å². The zero-order valence-corrected chi connectivity index (χ0v) is 12.5. The Kier molecular flexibility index (Phi) is 4.10. The van der Waals surface area contributed by atoms with E-state index >= 15 is 0 Å². The molecule has 3 aromatic rings. The van der Waals surface area contributed by atoms with Crippen LogP contribution in [-0.4, -0.2) is 21.3 Å². The Morgan fingerprint density at radius 3 is 2.86 bits per heavy atom. The van der Waals surface area contributed by atoms with Crippen molar-refractivity contribution in [2.45, 2.75) is 13.5 Å². The van der Waals surface area contributed by atoms with E-state index in [1.807, 2.05) is 30.3 Å². The van der Waals surface area contributed by atoms with Gasteiger partial charge in [-0.25, -0.2) is 0 Å². The molecule has 2 heterocycles. The van der Waals surface area contributed by atoms with E-state index in [4.69, 9.17) is 9.26 Å². The molecule has 7 nitrogen and oxygen atoms in total. The molecule has 0 saturated heterocycles. The largest absolute Gasteiger partial charge is 0.471 e. The first-order valence-electron chi connectivity index (χ1n) is 6.45. The molecule has 0 atom stereocenters. The van der Waals surface area contributed by atoms with Crippen LogP contribution in [0, 0.1) is 6.92 Å². The second-order valence-corrected chi connectivity index (χ2v) is 5.57. The fraction of sp³-hybridized carbons (Fsp3) is 0.143. The lowest BCUT2D eigenvalue weighted by Crippen LogP contribution is -2.10. The van der Waals surface area contributed by atoms with Crippen LogP contribution in [0.5, 0.6) is 5.88 Å². The van der Waals surface area contributed by atoms with Crippen molar-refractivity contribution >= 4 is 22.4 Å². The van der Waals surface area contributed by atoms with E-state index in [1.54, 1.807) is 6.92 Å². The molecule has 1 amide bonds. The summed E-state index contributed by atoms with van der Waals surface area (Å²) < 4.78 is 10.4. The van der Waals surface area contributed by atoms with Gasteiger partial charge in [-0.3, -0.25) is 10.1 Å². The molecule has 112 valence electrons. The molecular weight excluding hydrogens is 304 g/mol. The van der Waals surface area contributed by atoms with E-state index in [0.29, 0.717) is 11.7 Å². The fourth-order valence-electron chi connectivity index (χ4n) is 1.67. The number of aromatic nitrogens is 3. The second kappa shape index (κ2) is 6.35. The standard InChI is InChI=1S/C14H12N4O3S/c1-9-16-17-14(22-9)15-13(19)11-7-12(18-21-11)20-8-10-5-3-2-4-6-10/h2-7H,8H2,1H3,(H,15,17,19). The Balaban J connectivity index is 1.59. The summed E-state index contributed by atoms with van der Waals surface area (Å²) in [7, 11) is 0. The number of anilines is 1. The van der Waals surface area contributed by atoms with Gasteiger partial charge in [0.05, 0.1) is 6.07 Å². The molecular formula is C14H12N4O3S. The molecule has 0 fully saturated rings. The Morgan fingerprint density at radius 1 is 1.32 bits per heavy atom. The Bertz CT molecular complexity index is 769. The molecule has 3 rings (SSSR count). The van der Waals surface area contributed by atoms with Gasteiger partial charge in [-0.15, -0.1) is 10.2 Å². The van der Waals surface area contributed by atoms with E-state index in [9.17, 15) is 4.79 Å². The molecule has 0 bridgehead atoms. The number of nitrogens with zero attached hydrogens (tertiary/aromatic N) is 3. The van der Waals surface area contributed by atoms with Crippen molar-refractivity contribution in [3.63, 3.8) is 0 Å². The van der Waals surface area contributed by atoms with E-state index in [2.05, 4.69) is 20.7 Å². The molecule has 0 aliphatic carbocycles. The van der Waals surface area contributed by atoms with Crippen LogP contribution in [0.4, 0.5) is 5.13 Å². The Hall–Kier alpha value is -2.74. The first kappa shape index (κ1) is 14.2. The monoisotopic (exact) mass is 316 g/mol. The highest BCUT2D eigenvalue weighted by Crippen LogP contribution is 2.17. The average Bonchev–Trinajstić information content (AvgIpc) is 3.15. The van der Waals surface area contributed by atoms with Gasteiger partial charge in [0.2, 0.25) is 10.9 Å². The third-order valence-corrected chi connectivity index (χ3v) is 3.44. The van der Waals surface area contributed by atoms with Crippen molar-refractivity contribution in [2.24, 2.45) is 0 Å². The Morgan fingerprint density at radius 2 is 2.14 bits per heavy atom. The number of benzene rings is 1.